The Hall–Kier alpha value is -3.59. The Morgan fingerprint density at radius 3 is 2.40 bits per heavy atom. The topological polar surface area (TPSA) is 101 Å². The number of amides is 2. The first-order valence-electron chi connectivity index (χ1n) is 11.6. The molecule has 1 aromatic heterocycles. The van der Waals surface area contributed by atoms with Gasteiger partial charge in [-0.05, 0) is 26.3 Å². The molecule has 9 heteroatoms. The van der Waals surface area contributed by atoms with E-state index in [1.54, 1.807) is 11.8 Å². The van der Waals surface area contributed by atoms with E-state index in [0.717, 1.165) is 16.7 Å². The number of aromatic nitrogens is 2. The van der Waals surface area contributed by atoms with Crippen LogP contribution in [0.15, 0.2) is 54.6 Å². The minimum atomic E-state index is -0.411. The number of hydrogen-bond donors (Lipinski definition) is 1. The maximum atomic E-state index is 13.0. The summed E-state index contributed by atoms with van der Waals surface area (Å²) in [6.45, 7) is 6.12. The van der Waals surface area contributed by atoms with Gasteiger partial charge in [-0.25, -0.2) is 0 Å². The molecule has 0 aliphatic carbocycles. The molecule has 0 aliphatic heterocycles. The van der Waals surface area contributed by atoms with Crippen LogP contribution >= 0.6 is 11.3 Å². The molecule has 2 aromatic carbocycles. The summed E-state index contributed by atoms with van der Waals surface area (Å²) in [6, 6.07) is 17.2. The number of carbonyl (C=O) groups excluding carboxylic acids is 3. The fraction of sp³-hybridized carbons (Fsp3) is 0.346. The molecule has 0 aliphatic rings. The molecule has 0 radical (unpaired) electrons. The van der Waals surface area contributed by atoms with Crippen LogP contribution in [-0.4, -0.2) is 46.0 Å². The highest BCUT2D eigenvalue weighted by molar-refractivity contribution is 7.18. The summed E-state index contributed by atoms with van der Waals surface area (Å²) in [5, 5.41) is 12.1. The quantitative estimate of drug-likeness (QED) is 0.385. The Kier molecular flexibility index (Phi) is 9.48. The highest BCUT2D eigenvalue weighted by Crippen LogP contribution is 2.27. The Morgan fingerprint density at radius 2 is 1.71 bits per heavy atom. The molecule has 0 fully saturated rings. The van der Waals surface area contributed by atoms with E-state index in [0.29, 0.717) is 10.1 Å². The molecule has 0 saturated carbocycles. The van der Waals surface area contributed by atoms with Gasteiger partial charge in [-0.2, -0.15) is 0 Å². The van der Waals surface area contributed by atoms with Crippen LogP contribution in [0.3, 0.4) is 0 Å². The molecular weight excluding hydrogens is 464 g/mol. The molecule has 0 unspecified atom stereocenters. The Morgan fingerprint density at radius 1 is 1.00 bits per heavy atom. The van der Waals surface area contributed by atoms with Gasteiger partial charge in [0.2, 0.25) is 16.9 Å². The van der Waals surface area contributed by atoms with Gasteiger partial charge in [-0.15, -0.1) is 10.2 Å². The second-order valence-corrected chi connectivity index (χ2v) is 9.03. The van der Waals surface area contributed by atoms with Crippen LogP contribution < -0.4 is 5.32 Å². The summed E-state index contributed by atoms with van der Waals surface area (Å²) >= 11 is 1.29. The standard InChI is InChI=1S/C26H30N4O4S/c1-4-34-24(33)15-14-23(32)30(19(3)20-8-6-5-7-9-20)17-16-22(31)27-26-29-28-25(35-26)21-12-10-18(2)11-13-21/h5-13,19H,4,14-17H2,1-3H3,(H,27,29,31)/t19-/m0/s1. The highest BCUT2D eigenvalue weighted by Gasteiger charge is 2.23. The predicted octanol–water partition coefficient (Wildman–Crippen LogP) is 4.78. The van der Waals surface area contributed by atoms with Gasteiger partial charge < -0.3 is 15.0 Å². The van der Waals surface area contributed by atoms with Gasteiger partial charge >= 0.3 is 5.97 Å². The summed E-state index contributed by atoms with van der Waals surface area (Å²) < 4.78 is 4.94. The minimum absolute atomic E-state index is 0.00342. The maximum absolute atomic E-state index is 13.0. The third-order valence-corrected chi connectivity index (χ3v) is 6.36. The van der Waals surface area contributed by atoms with Crippen LogP contribution in [0.4, 0.5) is 5.13 Å². The SMILES string of the molecule is CCOC(=O)CCC(=O)N(CCC(=O)Nc1nnc(-c2ccc(C)cc2)s1)[C@@H](C)c1ccccc1. The van der Waals surface area contributed by atoms with Crippen LogP contribution in [0.1, 0.15) is 50.3 Å². The van der Waals surface area contributed by atoms with Crippen molar-refractivity contribution in [3.63, 3.8) is 0 Å². The normalized spacial score (nSPS) is 11.5. The summed E-state index contributed by atoms with van der Waals surface area (Å²) in [5.74, 6) is -0.883. The maximum Gasteiger partial charge on any atom is 0.306 e. The number of nitrogens with one attached hydrogen (secondary N) is 1. The summed E-state index contributed by atoms with van der Waals surface area (Å²) in [7, 11) is 0. The van der Waals surface area contributed by atoms with Crippen molar-refractivity contribution in [2.75, 3.05) is 18.5 Å². The van der Waals surface area contributed by atoms with Crippen molar-refractivity contribution in [1.29, 1.82) is 0 Å². The number of benzene rings is 2. The molecule has 2 amide bonds. The zero-order valence-corrected chi connectivity index (χ0v) is 21.0. The molecule has 0 saturated heterocycles. The van der Waals surface area contributed by atoms with E-state index in [4.69, 9.17) is 4.74 Å². The Bertz CT molecular complexity index is 1130. The van der Waals surface area contributed by atoms with Crippen molar-refractivity contribution in [2.24, 2.45) is 0 Å². The van der Waals surface area contributed by atoms with Crippen LogP contribution in [0.2, 0.25) is 0 Å². The lowest BCUT2D eigenvalue weighted by atomic mass is 10.1. The Labute approximate surface area is 209 Å². The van der Waals surface area contributed by atoms with Gasteiger partial charge in [-0.3, -0.25) is 14.4 Å². The Balaban J connectivity index is 1.62. The molecule has 184 valence electrons. The number of esters is 1. The summed E-state index contributed by atoms with van der Waals surface area (Å²) in [4.78, 5) is 39.0. The first kappa shape index (κ1) is 26.0. The van der Waals surface area contributed by atoms with E-state index < -0.39 is 5.97 Å². The average molecular weight is 495 g/mol. The first-order chi connectivity index (χ1) is 16.9. The molecule has 3 aromatic rings. The lowest BCUT2D eigenvalue weighted by Crippen LogP contribution is -2.36. The smallest absolute Gasteiger partial charge is 0.306 e. The number of anilines is 1. The van der Waals surface area contributed by atoms with Crippen LogP contribution in [-0.2, 0) is 19.1 Å². The monoisotopic (exact) mass is 494 g/mol. The second kappa shape index (κ2) is 12.8. The van der Waals surface area contributed by atoms with Crippen molar-refractivity contribution in [3.8, 4) is 10.6 Å². The van der Waals surface area contributed by atoms with E-state index in [1.807, 2.05) is 68.4 Å². The zero-order chi connectivity index (χ0) is 25.2. The molecule has 1 N–H and O–H groups in total. The van der Waals surface area contributed by atoms with Crippen molar-refractivity contribution >= 4 is 34.3 Å². The van der Waals surface area contributed by atoms with E-state index in [2.05, 4.69) is 15.5 Å². The fourth-order valence-corrected chi connectivity index (χ4v) is 4.29. The van der Waals surface area contributed by atoms with E-state index in [9.17, 15) is 14.4 Å². The third-order valence-electron chi connectivity index (χ3n) is 5.47. The molecule has 1 heterocycles. The molecule has 0 bridgehead atoms. The van der Waals surface area contributed by atoms with Crippen LogP contribution in [0.25, 0.3) is 10.6 Å². The molecular formula is C26H30N4O4S. The van der Waals surface area contributed by atoms with E-state index >= 15 is 0 Å². The van der Waals surface area contributed by atoms with Gasteiger partial charge in [0.1, 0.15) is 5.01 Å². The average Bonchev–Trinajstić information content (AvgIpc) is 3.32. The number of carbonyl (C=O) groups is 3. The summed E-state index contributed by atoms with van der Waals surface area (Å²) in [5.41, 5.74) is 3.03. The van der Waals surface area contributed by atoms with Gasteiger partial charge in [-0.1, -0.05) is 71.5 Å². The van der Waals surface area contributed by atoms with Gasteiger partial charge in [0.15, 0.2) is 0 Å². The van der Waals surface area contributed by atoms with Gasteiger partial charge in [0, 0.05) is 24.9 Å². The minimum Gasteiger partial charge on any atom is -0.466 e. The first-order valence-corrected chi connectivity index (χ1v) is 12.4. The predicted molar refractivity (Wildman–Crippen MR) is 136 cm³/mol. The molecule has 3 rings (SSSR count). The second-order valence-electron chi connectivity index (χ2n) is 8.06. The van der Waals surface area contributed by atoms with E-state index in [1.165, 1.54) is 11.3 Å². The lowest BCUT2D eigenvalue weighted by molar-refractivity contribution is -0.146. The molecule has 1 atom stereocenters. The van der Waals surface area contributed by atoms with Gasteiger partial charge in [0.05, 0.1) is 19.1 Å². The van der Waals surface area contributed by atoms with Crippen molar-refractivity contribution in [2.45, 2.75) is 46.1 Å². The molecule has 8 nitrogen and oxygen atoms in total. The summed E-state index contributed by atoms with van der Waals surface area (Å²) in [6.07, 6.45) is 0.110. The number of hydrogen-bond acceptors (Lipinski definition) is 7. The van der Waals surface area contributed by atoms with Crippen LogP contribution in [0.5, 0.6) is 0 Å². The number of nitrogens with zero attached hydrogens (tertiary/aromatic N) is 3. The van der Waals surface area contributed by atoms with E-state index in [-0.39, 0.29) is 50.3 Å². The zero-order valence-electron chi connectivity index (χ0n) is 20.2. The molecule has 0 spiro atoms. The van der Waals surface area contributed by atoms with Crippen molar-refractivity contribution in [1.82, 2.24) is 15.1 Å². The number of rotatable bonds is 11. The third kappa shape index (κ3) is 7.71. The largest absolute Gasteiger partial charge is 0.466 e. The number of aryl methyl sites for hydroxylation is 1. The van der Waals surface area contributed by atoms with Gasteiger partial charge in [0.25, 0.3) is 0 Å². The van der Waals surface area contributed by atoms with Crippen LogP contribution in [0, 0.1) is 6.92 Å². The fourth-order valence-electron chi connectivity index (χ4n) is 3.52. The molecule has 35 heavy (non-hydrogen) atoms. The van der Waals surface area contributed by atoms with Crippen molar-refractivity contribution < 1.29 is 19.1 Å². The lowest BCUT2D eigenvalue weighted by Gasteiger charge is -2.29. The highest BCUT2D eigenvalue weighted by atomic mass is 32.1. The van der Waals surface area contributed by atoms with Crippen molar-refractivity contribution in [3.05, 3.63) is 65.7 Å². The number of ether oxygens (including phenoxy) is 1.